The number of nitrogens with one attached hydrogen (secondary N) is 1. The van der Waals surface area contributed by atoms with Crippen molar-refractivity contribution in [2.75, 3.05) is 6.54 Å². The van der Waals surface area contributed by atoms with E-state index in [1.807, 2.05) is 17.9 Å². The van der Waals surface area contributed by atoms with E-state index in [1.165, 1.54) is 17.0 Å². The molecule has 5 nitrogen and oxygen atoms in total. The third-order valence-corrected chi connectivity index (χ3v) is 3.81. The topological polar surface area (TPSA) is 47.7 Å². The Balaban J connectivity index is 2.12. The molecule has 1 unspecified atom stereocenters. The molecule has 2 aromatic heterocycles. The number of aryl methyl sites for hydroxylation is 4. The Kier molecular flexibility index (Phi) is 5.56. The molecule has 116 valence electrons. The first-order chi connectivity index (χ1) is 10.2. The summed E-state index contributed by atoms with van der Waals surface area (Å²) < 4.78 is 4.00. The van der Waals surface area contributed by atoms with Crippen molar-refractivity contribution >= 4 is 0 Å². The van der Waals surface area contributed by atoms with E-state index in [9.17, 15) is 0 Å². The van der Waals surface area contributed by atoms with Gasteiger partial charge in [-0.05, 0) is 44.4 Å². The van der Waals surface area contributed by atoms with Gasteiger partial charge in [-0.1, -0.05) is 13.8 Å². The zero-order valence-electron chi connectivity index (χ0n) is 13.6. The second-order valence-corrected chi connectivity index (χ2v) is 5.40. The summed E-state index contributed by atoms with van der Waals surface area (Å²) >= 11 is 0. The zero-order valence-corrected chi connectivity index (χ0v) is 13.6. The van der Waals surface area contributed by atoms with Gasteiger partial charge in [-0.15, -0.1) is 0 Å². The highest BCUT2D eigenvalue weighted by atomic mass is 15.3. The molecule has 1 atom stereocenters. The van der Waals surface area contributed by atoms with Crippen LogP contribution < -0.4 is 5.32 Å². The summed E-state index contributed by atoms with van der Waals surface area (Å²) in [4.78, 5) is 0. The first-order valence-corrected chi connectivity index (χ1v) is 7.95. The van der Waals surface area contributed by atoms with Crippen molar-refractivity contribution in [3.8, 4) is 0 Å². The van der Waals surface area contributed by atoms with Gasteiger partial charge < -0.3 is 5.32 Å². The van der Waals surface area contributed by atoms with Crippen LogP contribution in [0.3, 0.4) is 0 Å². The van der Waals surface area contributed by atoms with E-state index >= 15 is 0 Å². The molecule has 0 aliphatic rings. The van der Waals surface area contributed by atoms with Crippen LogP contribution in [0.4, 0.5) is 0 Å². The van der Waals surface area contributed by atoms with Crippen LogP contribution in [0.2, 0.25) is 0 Å². The number of hydrogen-bond donors (Lipinski definition) is 1. The van der Waals surface area contributed by atoms with E-state index in [2.05, 4.69) is 53.2 Å². The third-order valence-electron chi connectivity index (χ3n) is 3.81. The molecule has 21 heavy (non-hydrogen) atoms. The molecule has 0 saturated heterocycles. The standard InChI is InChI=1S/C16H27N5/c1-5-14-10-16(21(7-3)19-14)15(17-6-2)9-8-13-11-18-20(4)12-13/h10-12,15,17H,5-9H2,1-4H3. The second kappa shape index (κ2) is 7.41. The molecular weight excluding hydrogens is 262 g/mol. The molecule has 1 N–H and O–H groups in total. The zero-order chi connectivity index (χ0) is 15.2. The Morgan fingerprint density at radius 1 is 1.29 bits per heavy atom. The van der Waals surface area contributed by atoms with Crippen molar-refractivity contribution in [3.63, 3.8) is 0 Å². The van der Waals surface area contributed by atoms with Crippen LogP contribution in [0.5, 0.6) is 0 Å². The van der Waals surface area contributed by atoms with Gasteiger partial charge in [0.25, 0.3) is 0 Å². The first kappa shape index (κ1) is 15.8. The van der Waals surface area contributed by atoms with Crippen molar-refractivity contribution in [3.05, 3.63) is 35.4 Å². The summed E-state index contributed by atoms with van der Waals surface area (Å²) in [6.07, 6.45) is 7.13. The van der Waals surface area contributed by atoms with Gasteiger partial charge in [0.05, 0.1) is 17.6 Å². The van der Waals surface area contributed by atoms with E-state index in [1.54, 1.807) is 0 Å². The van der Waals surface area contributed by atoms with Crippen LogP contribution in [0.1, 0.15) is 50.2 Å². The fourth-order valence-corrected chi connectivity index (χ4v) is 2.71. The minimum absolute atomic E-state index is 0.350. The Labute approximate surface area is 127 Å². The summed E-state index contributed by atoms with van der Waals surface area (Å²) in [5, 5.41) is 12.5. The highest BCUT2D eigenvalue weighted by molar-refractivity contribution is 5.15. The highest BCUT2D eigenvalue weighted by Gasteiger charge is 2.17. The van der Waals surface area contributed by atoms with Crippen LogP contribution >= 0.6 is 0 Å². The average Bonchev–Trinajstić information content (AvgIpc) is 3.09. The van der Waals surface area contributed by atoms with E-state index in [4.69, 9.17) is 0 Å². The molecule has 5 heteroatoms. The molecule has 2 rings (SSSR count). The minimum Gasteiger partial charge on any atom is -0.309 e. The van der Waals surface area contributed by atoms with Crippen LogP contribution in [0.15, 0.2) is 18.5 Å². The Bertz CT molecular complexity index is 555. The second-order valence-electron chi connectivity index (χ2n) is 5.40. The summed E-state index contributed by atoms with van der Waals surface area (Å²) in [5.41, 5.74) is 3.77. The van der Waals surface area contributed by atoms with Gasteiger partial charge in [0, 0.05) is 25.8 Å². The van der Waals surface area contributed by atoms with Gasteiger partial charge in [0.1, 0.15) is 0 Å². The first-order valence-electron chi connectivity index (χ1n) is 7.95. The summed E-state index contributed by atoms with van der Waals surface area (Å²) in [7, 11) is 1.96. The predicted octanol–water partition coefficient (Wildman–Crippen LogP) is 2.48. The van der Waals surface area contributed by atoms with E-state index in [0.717, 1.165) is 32.4 Å². The van der Waals surface area contributed by atoms with Crippen molar-refractivity contribution in [2.24, 2.45) is 7.05 Å². The molecule has 0 amide bonds. The number of aromatic nitrogens is 4. The molecule has 0 fully saturated rings. The number of hydrogen-bond acceptors (Lipinski definition) is 3. The van der Waals surface area contributed by atoms with Crippen LogP contribution in [0, 0.1) is 0 Å². The molecule has 0 radical (unpaired) electrons. The van der Waals surface area contributed by atoms with E-state index in [0.29, 0.717) is 6.04 Å². The number of rotatable bonds is 8. The highest BCUT2D eigenvalue weighted by Crippen LogP contribution is 2.21. The Hall–Kier alpha value is -1.62. The molecule has 0 aliphatic heterocycles. The molecule has 0 saturated carbocycles. The summed E-state index contributed by atoms with van der Waals surface area (Å²) in [6, 6.07) is 2.60. The SMILES string of the molecule is CCNC(CCc1cnn(C)c1)c1cc(CC)nn1CC. The molecule has 0 spiro atoms. The van der Waals surface area contributed by atoms with Crippen molar-refractivity contribution in [1.29, 1.82) is 0 Å². The van der Waals surface area contributed by atoms with Crippen molar-refractivity contribution in [2.45, 2.75) is 52.6 Å². The predicted molar refractivity (Wildman–Crippen MR) is 85.2 cm³/mol. The summed E-state index contributed by atoms with van der Waals surface area (Å²) in [5.74, 6) is 0. The fourth-order valence-electron chi connectivity index (χ4n) is 2.71. The fraction of sp³-hybridized carbons (Fsp3) is 0.625. The lowest BCUT2D eigenvalue weighted by Crippen LogP contribution is -2.24. The molecule has 0 bridgehead atoms. The number of nitrogens with zero attached hydrogens (tertiary/aromatic N) is 4. The maximum Gasteiger partial charge on any atom is 0.0625 e. The lowest BCUT2D eigenvalue weighted by atomic mass is 10.0. The van der Waals surface area contributed by atoms with Crippen molar-refractivity contribution < 1.29 is 0 Å². The van der Waals surface area contributed by atoms with Crippen LogP contribution in [0.25, 0.3) is 0 Å². The van der Waals surface area contributed by atoms with Crippen LogP contribution in [-0.2, 0) is 26.4 Å². The molecule has 0 aromatic carbocycles. The normalized spacial score (nSPS) is 12.8. The Morgan fingerprint density at radius 2 is 2.10 bits per heavy atom. The van der Waals surface area contributed by atoms with E-state index in [-0.39, 0.29) is 0 Å². The van der Waals surface area contributed by atoms with Crippen LogP contribution in [-0.4, -0.2) is 26.1 Å². The van der Waals surface area contributed by atoms with Gasteiger partial charge in [-0.2, -0.15) is 10.2 Å². The van der Waals surface area contributed by atoms with Gasteiger partial charge in [-0.25, -0.2) is 0 Å². The van der Waals surface area contributed by atoms with E-state index < -0.39 is 0 Å². The smallest absolute Gasteiger partial charge is 0.0625 e. The van der Waals surface area contributed by atoms with Crippen molar-refractivity contribution in [1.82, 2.24) is 24.9 Å². The molecule has 2 aromatic rings. The van der Waals surface area contributed by atoms with Gasteiger partial charge in [0.2, 0.25) is 0 Å². The van der Waals surface area contributed by atoms with Gasteiger partial charge in [0.15, 0.2) is 0 Å². The third kappa shape index (κ3) is 3.94. The van der Waals surface area contributed by atoms with Gasteiger partial charge >= 0.3 is 0 Å². The summed E-state index contributed by atoms with van der Waals surface area (Å²) in [6.45, 7) is 8.35. The minimum atomic E-state index is 0.350. The lowest BCUT2D eigenvalue weighted by Gasteiger charge is -2.18. The quantitative estimate of drug-likeness (QED) is 0.812. The molecular formula is C16H27N5. The maximum absolute atomic E-state index is 4.67. The lowest BCUT2D eigenvalue weighted by molar-refractivity contribution is 0.466. The monoisotopic (exact) mass is 289 g/mol. The Morgan fingerprint density at radius 3 is 2.67 bits per heavy atom. The maximum atomic E-state index is 4.67. The largest absolute Gasteiger partial charge is 0.309 e. The van der Waals surface area contributed by atoms with Gasteiger partial charge in [-0.3, -0.25) is 9.36 Å². The molecule has 0 aliphatic carbocycles. The average molecular weight is 289 g/mol. The molecule has 2 heterocycles.